The number of hydrogen-bond donors (Lipinski definition) is 2. The fourth-order valence-electron chi connectivity index (χ4n) is 1.54. The maximum Gasteiger partial charge on any atom is 0.251 e. The number of amides is 1. The molecule has 1 rings (SSSR count). The van der Waals surface area contributed by atoms with Crippen molar-refractivity contribution >= 4 is 17.7 Å². The van der Waals surface area contributed by atoms with Gasteiger partial charge in [0.2, 0.25) is 0 Å². The number of rotatable bonds is 5. The van der Waals surface area contributed by atoms with Crippen molar-refractivity contribution in [2.24, 2.45) is 0 Å². The molecule has 1 unspecified atom stereocenters. The highest BCUT2D eigenvalue weighted by Gasteiger charge is 2.12. The summed E-state index contributed by atoms with van der Waals surface area (Å²) >= 11 is 1.62. The van der Waals surface area contributed by atoms with Gasteiger partial charge in [-0.15, -0.1) is 11.8 Å². The molecule has 94 valence electrons. The van der Waals surface area contributed by atoms with Gasteiger partial charge in [-0.1, -0.05) is 6.07 Å². The number of thioether (sulfide) groups is 1. The van der Waals surface area contributed by atoms with E-state index in [2.05, 4.69) is 5.32 Å². The summed E-state index contributed by atoms with van der Waals surface area (Å²) < 4.78 is 0. The van der Waals surface area contributed by atoms with Crippen molar-refractivity contribution in [1.82, 2.24) is 5.32 Å². The van der Waals surface area contributed by atoms with Crippen LogP contribution in [0.25, 0.3) is 0 Å². The second kappa shape index (κ2) is 6.67. The van der Waals surface area contributed by atoms with E-state index in [1.54, 1.807) is 11.8 Å². The third-order valence-corrected chi connectivity index (χ3v) is 3.35. The number of aliphatic hydroxyl groups excluding tert-OH is 1. The van der Waals surface area contributed by atoms with Crippen molar-refractivity contribution in [3.05, 3.63) is 29.3 Å². The lowest BCUT2D eigenvalue weighted by atomic mass is 10.1. The summed E-state index contributed by atoms with van der Waals surface area (Å²) in [5.74, 6) is -0.0700. The van der Waals surface area contributed by atoms with Crippen LogP contribution < -0.4 is 5.32 Å². The zero-order chi connectivity index (χ0) is 12.8. The second-order valence-corrected chi connectivity index (χ2v) is 4.95. The van der Waals surface area contributed by atoms with E-state index < -0.39 is 0 Å². The molecule has 0 spiro atoms. The van der Waals surface area contributed by atoms with Crippen molar-refractivity contribution in [1.29, 1.82) is 0 Å². The molecule has 0 aliphatic rings. The van der Waals surface area contributed by atoms with Crippen molar-refractivity contribution in [3.63, 3.8) is 0 Å². The van der Waals surface area contributed by atoms with Gasteiger partial charge in [0.05, 0.1) is 0 Å². The predicted molar refractivity (Wildman–Crippen MR) is 71.6 cm³/mol. The molecule has 1 aromatic carbocycles. The van der Waals surface area contributed by atoms with Crippen LogP contribution in [0.15, 0.2) is 23.1 Å². The van der Waals surface area contributed by atoms with E-state index in [1.165, 1.54) is 0 Å². The first-order valence-corrected chi connectivity index (χ1v) is 6.87. The lowest BCUT2D eigenvalue weighted by Crippen LogP contribution is -2.33. The lowest BCUT2D eigenvalue weighted by molar-refractivity contribution is 0.0933. The van der Waals surface area contributed by atoms with Gasteiger partial charge in [-0.05, 0) is 44.2 Å². The van der Waals surface area contributed by atoms with Gasteiger partial charge < -0.3 is 10.4 Å². The number of benzene rings is 1. The lowest BCUT2D eigenvalue weighted by Gasteiger charge is -2.14. The molecule has 2 N–H and O–H groups in total. The van der Waals surface area contributed by atoms with Gasteiger partial charge in [0.25, 0.3) is 5.91 Å². The van der Waals surface area contributed by atoms with E-state index in [0.29, 0.717) is 12.0 Å². The summed E-state index contributed by atoms with van der Waals surface area (Å²) in [6.45, 7) is 3.91. The third-order valence-electron chi connectivity index (χ3n) is 2.63. The Morgan fingerprint density at radius 1 is 1.53 bits per heavy atom. The van der Waals surface area contributed by atoms with Crippen LogP contribution in [0.4, 0.5) is 0 Å². The Hall–Kier alpha value is -1.00. The number of carbonyl (C=O) groups is 1. The van der Waals surface area contributed by atoms with Crippen molar-refractivity contribution < 1.29 is 9.90 Å². The van der Waals surface area contributed by atoms with Crippen LogP contribution in [0, 0.1) is 6.92 Å². The van der Waals surface area contributed by atoms with Crippen molar-refractivity contribution in [2.75, 3.05) is 12.9 Å². The molecule has 17 heavy (non-hydrogen) atoms. The van der Waals surface area contributed by atoms with E-state index in [9.17, 15) is 4.79 Å². The van der Waals surface area contributed by atoms with Gasteiger partial charge in [0.15, 0.2) is 0 Å². The van der Waals surface area contributed by atoms with Gasteiger partial charge in [-0.2, -0.15) is 0 Å². The number of nitrogens with one attached hydrogen (secondary N) is 1. The first-order chi connectivity index (χ1) is 8.08. The molecule has 0 saturated heterocycles. The van der Waals surface area contributed by atoms with E-state index in [-0.39, 0.29) is 18.6 Å². The van der Waals surface area contributed by atoms with Crippen molar-refractivity contribution in [2.45, 2.75) is 31.2 Å². The topological polar surface area (TPSA) is 49.3 Å². The zero-order valence-corrected chi connectivity index (χ0v) is 11.3. The monoisotopic (exact) mass is 253 g/mol. The molecule has 0 radical (unpaired) electrons. The first kappa shape index (κ1) is 14.1. The van der Waals surface area contributed by atoms with Crippen LogP contribution in [-0.2, 0) is 0 Å². The summed E-state index contributed by atoms with van der Waals surface area (Å²) in [4.78, 5) is 13.1. The zero-order valence-electron chi connectivity index (χ0n) is 10.5. The standard InChI is InChI=1S/C13H19NO2S/c1-9-4-5-11(17-3)8-12(9)13(16)14-10(2)6-7-15/h4-5,8,10,15H,6-7H2,1-3H3,(H,14,16). The molecule has 1 atom stereocenters. The van der Waals surface area contributed by atoms with Gasteiger partial charge >= 0.3 is 0 Å². The summed E-state index contributed by atoms with van der Waals surface area (Å²) in [6.07, 6.45) is 2.56. The molecule has 0 bridgehead atoms. The molecule has 1 amide bonds. The van der Waals surface area contributed by atoms with E-state index in [0.717, 1.165) is 10.5 Å². The molecular formula is C13H19NO2S. The van der Waals surface area contributed by atoms with Crippen LogP contribution in [0.5, 0.6) is 0 Å². The summed E-state index contributed by atoms with van der Waals surface area (Å²) in [6, 6.07) is 5.86. The van der Waals surface area contributed by atoms with Crippen LogP contribution in [0.2, 0.25) is 0 Å². The van der Waals surface area contributed by atoms with Crippen LogP contribution in [0.3, 0.4) is 0 Å². The van der Waals surface area contributed by atoms with Gasteiger partial charge in [0.1, 0.15) is 0 Å². The maximum atomic E-state index is 12.0. The van der Waals surface area contributed by atoms with Gasteiger partial charge in [0, 0.05) is 23.1 Å². The summed E-state index contributed by atoms with van der Waals surface area (Å²) in [5.41, 5.74) is 1.68. The van der Waals surface area contributed by atoms with E-state index in [1.807, 2.05) is 38.3 Å². The van der Waals surface area contributed by atoms with Crippen LogP contribution >= 0.6 is 11.8 Å². The van der Waals surface area contributed by atoms with Gasteiger partial charge in [-0.25, -0.2) is 0 Å². The Kier molecular flexibility index (Phi) is 5.51. The second-order valence-electron chi connectivity index (χ2n) is 4.07. The molecule has 4 heteroatoms. The molecule has 0 aromatic heterocycles. The first-order valence-electron chi connectivity index (χ1n) is 5.65. The normalized spacial score (nSPS) is 12.2. The smallest absolute Gasteiger partial charge is 0.251 e. The SMILES string of the molecule is CSc1ccc(C)c(C(=O)NC(C)CCO)c1. The number of carbonyl (C=O) groups excluding carboxylic acids is 1. The number of aliphatic hydroxyl groups is 1. The van der Waals surface area contributed by atoms with E-state index in [4.69, 9.17) is 5.11 Å². The predicted octanol–water partition coefficient (Wildman–Crippen LogP) is 2.22. The molecule has 0 fully saturated rings. The largest absolute Gasteiger partial charge is 0.396 e. The minimum absolute atomic E-state index is 0.00941. The molecule has 0 aliphatic heterocycles. The minimum Gasteiger partial charge on any atom is -0.396 e. The Balaban J connectivity index is 2.80. The Labute approximate surface area is 107 Å². The number of aryl methyl sites for hydroxylation is 1. The van der Waals surface area contributed by atoms with E-state index >= 15 is 0 Å². The molecule has 0 heterocycles. The van der Waals surface area contributed by atoms with Gasteiger partial charge in [-0.3, -0.25) is 4.79 Å². The average molecular weight is 253 g/mol. The molecule has 0 aliphatic carbocycles. The Morgan fingerprint density at radius 3 is 2.82 bits per heavy atom. The maximum absolute atomic E-state index is 12.0. The molecule has 1 aromatic rings. The highest BCUT2D eigenvalue weighted by molar-refractivity contribution is 7.98. The average Bonchev–Trinajstić information content (AvgIpc) is 2.29. The Bertz CT molecular complexity index is 393. The molecule has 3 nitrogen and oxygen atoms in total. The fourth-order valence-corrected chi connectivity index (χ4v) is 1.98. The minimum atomic E-state index is -0.0700. The molecular weight excluding hydrogens is 234 g/mol. The fraction of sp³-hybridized carbons (Fsp3) is 0.462. The summed E-state index contributed by atoms with van der Waals surface area (Å²) in [5, 5.41) is 11.7. The van der Waals surface area contributed by atoms with Crippen molar-refractivity contribution in [3.8, 4) is 0 Å². The quantitative estimate of drug-likeness (QED) is 0.791. The van der Waals surface area contributed by atoms with Crippen LogP contribution in [-0.4, -0.2) is 29.9 Å². The highest BCUT2D eigenvalue weighted by Crippen LogP contribution is 2.19. The van der Waals surface area contributed by atoms with Crippen LogP contribution in [0.1, 0.15) is 29.3 Å². The Morgan fingerprint density at radius 2 is 2.24 bits per heavy atom. The third kappa shape index (κ3) is 4.06. The summed E-state index contributed by atoms with van der Waals surface area (Å²) in [7, 11) is 0. The highest BCUT2D eigenvalue weighted by atomic mass is 32.2. The number of hydrogen-bond acceptors (Lipinski definition) is 3. The molecule has 0 saturated carbocycles.